The second-order valence-electron chi connectivity index (χ2n) is 4.44. The summed E-state index contributed by atoms with van der Waals surface area (Å²) in [4.78, 5) is 0. The topological polar surface area (TPSA) is 27.7 Å². The summed E-state index contributed by atoms with van der Waals surface area (Å²) < 4.78 is 16.8. The summed E-state index contributed by atoms with van der Waals surface area (Å²) in [5.74, 6) is 0. The molecule has 0 radical (unpaired) electrons. The summed E-state index contributed by atoms with van der Waals surface area (Å²) >= 11 is 0. The van der Waals surface area contributed by atoms with Gasteiger partial charge >= 0.3 is 0 Å². The lowest BCUT2D eigenvalue weighted by molar-refractivity contribution is -0.167. The molecule has 0 amide bonds. The number of rotatable bonds is 4. The van der Waals surface area contributed by atoms with E-state index in [2.05, 4.69) is 0 Å². The van der Waals surface area contributed by atoms with Crippen molar-refractivity contribution in [2.24, 2.45) is 0 Å². The highest BCUT2D eigenvalue weighted by atomic mass is 16.7. The summed E-state index contributed by atoms with van der Waals surface area (Å²) in [6.07, 6.45) is 8.74. The fourth-order valence-electron chi connectivity index (χ4n) is 2.21. The van der Waals surface area contributed by atoms with Crippen molar-refractivity contribution >= 4 is 0 Å². The molecule has 0 aromatic carbocycles. The van der Waals surface area contributed by atoms with E-state index < -0.39 is 0 Å². The molecule has 0 saturated carbocycles. The van der Waals surface area contributed by atoms with Crippen LogP contribution in [0.4, 0.5) is 0 Å². The minimum Gasteiger partial charge on any atom is -0.378 e. The molecule has 2 atom stereocenters. The molecule has 0 aromatic rings. The van der Waals surface area contributed by atoms with E-state index in [1.165, 1.54) is 32.1 Å². The Labute approximate surface area is 92.1 Å². The molecule has 3 nitrogen and oxygen atoms in total. The third-order valence-electron chi connectivity index (χ3n) is 3.16. The van der Waals surface area contributed by atoms with Crippen molar-refractivity contribution < 1.29 is 14.2 Å². The van der Waals surface area contributed by atoms with Gasteiger partial charge in [-0.05, 0) is 44.9 Å². The fourth-order valence-corrected chi connectivity index (χ4v) is 2.21. The first-order valence-corrected chi connectivity index (χ1v) is 6.30. The van der Waals surface area contributed by atoms with Crippen LogP contribution < -0.4 is 0 Å². The molecule has 2 aliphatic rings. The maximum absolute atomic E-state index is 5.68. The van der Waals surface area contributed by atoms with Gasteiger partial charge in [-0.15, -0.1) is 0 Å². The minimum atomic E-state index is 0.0577. The van der Waals surface area contributed by atoms with Crippen molar-refractivity contribution in [3.8, 4) is 0 Å². The van der Waals surface area contributed by atoms with Crippen LogP contribution >= 0.6 is 0 Å². The molecule has 2 fully saturated rings. The van der Waals surface area contributed by atoms with Crippen molar-refractivity contribution in [1.29, 1.82) is 0 Å². The van der Waals surface area contributed by atoms with E-state index in [1.54, 1.807) is 0 Å². The highest BCUT2D eigenvalue weighted by molar-refractivity contribution is 4.63. The number of hydrogen-bond donors (Lipinski definition) is 0. The molecule has 0 spiro atoms. The van der Waals surface area contributed by atoms with Crippen molar-refractivity contribution in [3.63, 3.8) is 0 Å². The molecule has 2 saturated heterocycles. The SMILES string of the molecule is C1CCC(OCC[C@@H]2CCCCO2)OC1. The monoisotopic (exact) mass is 214 g/mol. The van der Waals surface area contributed by atoms with E-state index in [1.807, 2.05) is 0 Å². The zero-order valence-electron chi connectivity index (χ0n) is 9.45. The molecule has 1 unspecified atom stereocenters. The molecule has 0 aliphatic carbocycles. The van der Waals surface area contributed by atoms with Gasteiger partial charge in [0.15, 0.2) is 6.29 Å². The highest BCUT2D eigenvalue weighted by Gasteiger charge is 2.17. The minimum absolute atomic E-state index is 0.0577. The van der Waals surface area contributed by atoms with Gasteiger partial charge in [-0.2, -0.15) is 0 Å². The third-order valence-corrected chi connectivity index (χ3v) is 3.16. The first-order valence-electron chi connectivity index (χ1n) is 6.30. The average Bonchev–Trinajstić information content (AvgIpc) is 2.32. The fraction of sp³-hybridized carbons (Fsp3) is 1.00. The lowest BCUT2D eigenvalue weighted by Crippen LogP contribution is -2.25. The Morgan fingerprint density at radius 2 is 1.73 bits per heavy atom. The van der Waals surface area contributed by atoms with Gasteiger partial charge < -0.3 is 14.2 Å². The van der Waals surface area contributed by atoms with E-state index in [9.17, 15) is 0 Å². The van der Waals surface area contributed by atoms with Crippen LogP contribution in [0.2, 0.25) is 0 Å². The van der Waals surface area contributed by atoms with Crippen LogP contribution in [-0.2, 0) is 14.2 Å². The van der Waals surface area contributed by atoms with Crippen LogP contribution in [0.15, 0.2) is 0 Å². The van der Waals surface area contributed by atoms with E-state index in [0.29, 0.717) is 6.10 Å². The molecule has 0 N–H and O–H groups in total. The molecular formula is C12H22O3. The number of hydrogen-bond acceptors (Lipinski definition) is 3. The van der Waals surface area contributed by atoms with Crippen LogP contribution in [0.1, 0.15) is 44.9 Å². The second kappa shape index (κ2) is 6.46. The smallest absolute Gasteiger partial charge is 0.157 e. The number of ether oxygens (including phenoxy) is 3. The van der Waals surface area contributed by atoms with E-state index in [-0.39, 0.29) is 6.29 Å². The van der Waals surface area contributed by atoms with E-state index in [0.717, 1.165) is 32.7 Å². The molecule has 2 heterocycles. The van der Waals surface area contributed by atoms with Crippen molar-refractivity contribution in [2.75, 3.05) is 19.8 Å². The van der Waals surface area contributed by atoms with Crippen molar-refractivity contribution in [3.05, 3.63) is 0 Å². The van der Waals surface area contributed by atoms with Gasteiger partial charge in [-0.1, -0.05) is 0 Å². The van der Waals surface area contributed by atoms with Crippen molar-refractivity contribution in [1.82, 2.24) is 0 Å². The predicted molar refractivity (Wildman–Crippen MR) is 57.8 cm³/mol. The van der Waals surface area contributed by atoms with Gasteiger partial charge in [0.25, 0.3) is 0 Å². The van der Waals surface area contributed by atoms with Gasteiger partial charge in [-0.3, -0.25) is 0 Å². The van der Waals surface area contributed by atoms with Crippen LogP contribution in [0.25, 0.3) is 0 Å². The molecular weight excluding hydrogens is 192 g/mol. The summed E-state index contributed by atoms with van der Waals surface area (Å²) in [7, 11) is 0. The predicted octanol–water partition coefficient (Wildman–Crippen LogP) is 2.49. The molecule has 15 heavy (non-hydrogen) atoms. The third kappa shape index (κ3) is 4.09. The Bertz CT molecular complexity index is 142. The molecule has 2 rings (SSSR count). The lowest BCUT2D eigenvalue weighted by Gasteiger charge is -2.25. The standard InChI is InChI=1S/C12H22O3/c1-3-8-13-11(5-1)7-10-15-12-6-2-4-9-14-12/h11-12H,1-10H2/t11-,12?/m0/s1. The van der Waals surface area contributed by atoms with Gasteiger partial charge in [0.05, 0.1) is 12.7 Å². The Morgan fingerprint density at radius 3 is 2.40 bits per heavy atom. The van der Waals surface area contributed by atoms with Gasteiger partial charge in [-0.25, -0.2) is 0 Å². The van der Waals surface area contributed by atoms with E-state index in [4.69, 9.17) is 14.2 Å². The van der Waals surface area contributed by atoms with Crippen LogP contribution in [0.5, 0.6) is 0 Å². The maximum Gasteiger partial charge on any atom is 0.157 e. The highest BCUT2D eigenvalue weighted by Crippen LogP contribution is 2.17. The average molecular weight is 214 g/mol. The van der Waals surface area contributed by atoms with Crippen LogP contribution in [0, 0.1) is 0 Å². The van der Waals surface area contributed by atoms with Crippen molar-refractivity contribution in [2.45, 2.75) is 57.3 Å². The van der Waals surface area contributed by atoms with Crippen LogP contribution in [0.3, 0.4) is 0 Å². The molecule has 0 bridgehead atoms. The summed E-state index contributed by atoms with van der Waals surface area (Å²) in [5.41, 5.74) is 0. The van der Waals surface area contributed by atoms with Crippen LogP contribution in [-0.4, -0.2) is 32.2 Å². The summed E-state index contributed by atoms with van der Waals surface area (Å²) in [6.45, 7) is 2.59. The maximum atomic E-state index is 5.68. The molecule has 3 heteroatoms. The van der Waals surface area contributed by atoms with Gasteiger partial charge in [0.1, 0.15) is 0 Å². The summed E-state index contributed by atoms with van der Waals surface area (Å²) in [6, 6.07) is 0. The zero-order valence-corrected chi connectivity index (χ0v) is 9.45. The lowest BCUT2D eigenvalue weighted by atomic mass is 10.1. The summed E-state index contributed by atoms with van der Waals surface area (Å²) in [5, 5.41) is 0. The zero-order chi connectivity index (χ0) is 10.3. The Hall–Kier alpha value is -0.120. The first-order chi connectivity index (χ1) is 7.45. The normalized spacial score (nSPS) is 32.8. The Balaban J connectivity index is 1.53. The van der Waals surface area contributed by atoms with Gasteiger partial charge in [0, 0.05) is 13.2 Å². The Morgan fingerprint density at radius 1 is 0.933 bits per heavy atom. The molecule has 88 valence electrons. The molecule has 0 aromatic heterocycles. The van der Waals surface area contributed by atoms with E-state index >= 15 is 0 Å². The quantitative estimate of drug-likeness (QED) is 0.719. The largest absolute Gasteiger partial charge is 0.378 e. The second-order valence-corrected chi connectivity index (χ2v) is 4.44. The Kier molecular flexibility index (Phi) is 4.90. The molecule has 2 aliphatic heterocycles. The van der Waals surface area contributed by atoms with Gasteiger partial charge in [0.2, 0.25) is 0 Å². The first kappa shape index (κ1) is 11.4.